The minimum Gasteiger partial charge on any atom is -0.268 e. The van der Waals surface area contributed by atoms with Crippen molar-refractivity contribution in [1.29, 1.82) is 5.26 Å². The number of anilines is 1. The number of nitrogens with zero attached hydrogens (tertiary/aromatic N) is 3. The molecule has 6 heteroatoms. The van der Waals surface area contributed by atoms with Crippen LogP contribution in [0, 0.1) is 18.3 Å². The zero-order valence-corrected chi connectivity index (χ0v) is 11.9. The van der Waals surface area contributed by atoms with Gasteiger partial charge in [-0.25, -0.2) is 8.42 Å². The zero-order chi connectivity index (χ0) is 14.8. The molecule has 0 amide bonds. The summed E-state index contributed by atoms with van der Waals surface area (Å²) in [7, 11) is -2.18. The van der Waals surface area contributed by atoms with Crippen LogP contribution in [0.2, 0.25) is 0 Å². The second kappa shape index (κ2) is 5.31. The summed E-state index contributed by atoms with van der Waals surface area (Å²) in [5.41, 5.74) is 1.58. The maximum absolute atomic E-state index is 12.5. The van der Waals surface area contributed by atoms with E-state index in [1.807, 2.05) is 6.07 Å². The lowest BCUT2D eigenvalue weighted by atomic mass is 10.1. The van der Waals surface area contributed by atoms with Crippen molar-refractivity contribution in [2.24, 2.45) is 0 Å². The van der Waals surface area contributed by atoms with Crippen LogP contribution in [0.3, 0.4) is 0 Å². The molecule has 0 bridgehead atoms. The summed E-state index contributed by atoms with van der Waals surface area (Å²) in [5, 5.41) is 8.88. The van der Waals surface area contributed by atoms with Crippen molar-refractivity contribution < 1.29 is 8.42 Å². The number of nitriles is 1. The molecule has 20 heavy (non-hydrogen) atoms. The molecule has 2 aromatic rings. The minimum absolute atomic E-state index is 0.153. The van der Waals surface area contributed by atoms with E-state index in [0.717, 1.165) is 0 Å². The highest BCUT2D eigenvalue weighted by Crippen LogP contribution is 2.22. The molecule has 1 aromatic heterocycles. The van der Waals surface area contributed by atoms with Gasteiger partial charge in [-0.05, 0) is 42.8 Å². The Bertz CT molecular complexity index is 765. The summed E-state index contributed by atoms with van der Waals surface area (Å²) in [5.74, 6) is 0. The van der Waals surface area contributed by atoms with Gasteiger partial charge in [0.1, 0.15) is 0 Å². The molecular formula is C14H13N3O2S. The van der Waals surface area contributed by atoms with Crippen molar-refractivity contribution in [3.63, 3.8) is 0 Å². The van der Waals surface area contributed by atoms with Gasteiger partial charge in [-0.15, -0.1) is 0 Å². The Balaban J connectivity index is 2.46. The molecule has 0 spiro atoms. The molecule has 0 saturated carbocycles. The average Bonchev–Trinajstić information content (AvgIpc) is 2.47. The summed E-state index contributed by atoms with van der Waals surface area (Å²) >= 11 is 0. The topological polar surface area (TPSA) is 74.1 Å². The molecule has 0 N–H and O–H groups in total. The largest absolute Gasteiger partial charge is 0.268 e. The Hall–Kier alpha value is -2.39. The quantitative estimate of drug-likeness (QED) is 0.866. The van der Waals surface area contributed by atoms with Crippen LogP contribution in [0.15, 0.2) is 47.6 Å². The van der Waals surface area contributed by atoms with Crippen molar-refractivity contribution in [3.8, 4) is 6.07 Å². The van der Waals surface area contributed by atoms with Crippen LogP contribution >= 0.6 is 0 Å². The highest BCUT2D eigenvalue weighted by atomic mass is 32.2. The van der Waals surface area contributed by atoms with Crippen LogP contribution in [0.1, 0.15) is 11.1 Å². The van der Waals surface area contributed by atoms with Crippen molar-refractivity contribution in [3.05, 3.63) is 53.9 Å². The Morgan fingerprint density at radius 3 is 2.60 bits per heavy atom. The summed E-state index contributed by atoms with van der Waals surface area (Å²) in [6.07, 6.45) is 3.06. The highest BCUT2D eigenvalue weighted by Gasteiger charge is 2.21. The third kappa shape index (κ3) is 2.49. The average molecular weight is 287 g/mol. The second-order valence-electron chi connectivity index (χ2n) is 4.27. The second-order valence-corrected chi connectivity index (χ2v) is 6.24. The maximum atomic E-state index is 12.5. The van der Waals surface area contributed by atoms with Gasteiger partial charge >= 0.3 is 0 Å². The lowest BCUT2D eigenvalue weighted by Crippen LogP contribution is -2.26. The molecule has 0 unspecified atom stereocenters. The van der Waals surface area contributed by atoms with E-state index in [9.17, 15) is 8.42 Å². The molecule has 0 radical (unpaired) electrons. The molecular weight excluding hydrogens is 274 g/mol. The van der Waals surface area contributed by atoms with Gasteiger partial charge in [0.15, 0.2) is 0 Å². The monoisotopic (exact) mass is 287 g/mol. The van der Waals surface area contributed by atoms with E-state index in [1.165, 1.54) is 35.7 Å². The molecule has 0 atom stereocenters. The number of sulfonamides is 1. The maximum Gasteiger partial charge on any atom is 0.264 e. The van der Waals surface area contributed by atoms with Gasteiger partial charge in [0.25, 0.3) is 10.0 Å². The fourth-order valence-electron chi connectivity index (χ4n) is 1.76. The van der Waals surface area contributed by atoms with Crippen LogP contribution in [-0.4, -0.2) is 20.4 Å². The van der Waals surface area contributed by atoms with Crippen LogP contribution < -0.4 is 4.31 Å². The van der Waals surface area contributed by atoms with Crippen molar-refractivity contribution in [2.45, 2.75) is 11.8 Å². The minimum atomic E-state index is -3.66. The molecule has 0 aliphatic heterocycles. The smallest absolute Gasteiger partial charge is 0.264 e. The number of aromatic nitrogens is 1. The standard InChI is InChI=1S/C14H13N3O2S/c1-11-8-14(6-5-12(11)9-15)20(18,19)17(2)13-4-3-7-16-10-13/h3-8,10H,1-2H3. The summed E-state index contributed by atoms with van der Waals surface area (Å²) in [6, 6.07) is 9.81. The predicted octanol–water partition coefficient (Wildman–Crippen LogP) is 2.09. The first-order valence-corrected chi connectivity index (χ1v) is 7.30. The third-order valence-electron chi connectivity index (χ3n) is 2.99. The Morgan fingerprint density at radius 2 is 2.05 bits per heavy atom. The lowest BCUT2D eigenvalue weighted by molar-refractivity contribution is 0.594. The predicted molar refractivity (Wildman–Crippen MR) is 75.7 cm³/mol. The normalized spacial score (nSPS) is 10.8. The van der Waals surface area contributed by atoms with E-state index in [-0.39, 0.29) is 4.90 Å². The number of rotatable bonds is 3. The van der Waals surface area contributed by atoms with E-state index in [1.54, 1.807) is 25.3 Å². The SMILES string of the molecule is Cc1cc(S(=O)(=O)N(C)c2cccnc2)ccc1C#N. The van der Waals surface area contributed by atoms with E-state index in [4.69, 9.17) is 5.26 Å². The molecule has 2 rings (SSSR count). The lowest BCUT2D eigenvalue weighted by Gasteiger charge is -2.19. The van der Waals surface area contributed by atoms with E-state index in [0.29, 0.717) is 16.8 Å². The fraction of sp³-hybridized carbons (Fsp3) is 0.143. The number of hydrogen-bond donors (Lipinski definition) is 0. The van der Waals surface area contributed by atoms with Crippen LogP contribution in [0.5, 0.6) is 0 Å². The van der Waals surface area contributed by atoms with E-state index in [2.05, 4.69) is 4.98 Å². The highest BCUT2D eigenvalue weighted by molar-refractivity contribution is 7.92. The van der Waals surface area contributed by atoms with E-state index >= 15 is 0 Å². The van der Waals surface area contributed by atoms with Gasteiger partial charge < -0.3 is 0 Å². The Labute approximate surface area is 118 Å². The number of aryl methyl sites for hydroxylation is 1. The summed E-state index contributed by atoms with van der Waals surface area (Å²) in [6.45, 7) is 1.71. The molecule has 0 aliphatic rings. The molecule has 1 heterocycles. The van der Waals surface area contributed by atoms with Gasteiger partial charge in [-0.3, -0.25) is 9.29 Å². The number of pyridine rings is 1. The van der Waals surface area contributed by atoms with Crippen LogP contribution in [-0.2, 0) is 10.0 Å². The van der Waals surface area contributed by atoms with Gasteiger partial charge in [0.05, 0.1) is 28.4 Å². The molecule has 1 aromatic carbocycles. The Kier molecular flexibility index (Phi) is 3.72. The molecule has 102 valence electrons. The molecule has 0 aliphatic carbocycles. The first-order valence-electron chi connectivity index (χ1n) is 5.86. The molecule has 0 saturated heterocycles. The van der Waals surface area contributed by atoms with Crippen molar-refractivity contribution in [2.75, 3.05) is 11.4 Å². The van der Waals surface area contributed by atoms with Crippen LogP contribution in [0.4, 0.5) is 5.69 Å². The third-order valence-corrected chi connectivity index (χ3v) is 4.77. The first kappa shape index (κ1) is 14.0. The number of hydrogen-bond acceptors (Lipinski definition) is 4. The van der Waals surface area contributed by atoms with Gasteiger partial charge in [0.2, 0.25) is 0 Å². The first-order chi connectivity index (χ1) is 9.46. The van der Waals surface area contributed by atoms with Gasteiger partial charge in [0, 0.05) is 13.2 Å². The van der Waals surface area contributed by atoms with Crippen LogP contribution in [0.25, 0.3) is 0 Å². The van der Waals surface area contributed by atoms with Gasteiger partial charge in [-0.2, -0.15) is 5.26 Å². The molecule has 5 nitrogen and oxygen atoms in total. The fourth-order valence-corrected chi connectivity index (χ4v) is 3.03. The zero-order valence-electron chi connectivity index (χ0n) is 11.1. The van der Waals surface area contributed by atoms with Crippen molar-refractivity contribution >= 4 is 15.7 Å². The molecule has 0 fully saturated rings. The van der Waals surface area contributed by atoms with Crippen molar-refractivity contribution in [1.82, 2.24) is 4.98 Å². The van der Waals surface area contributed by atoms with E-state index < -0.39 is 10.0 Å². The number of benzene rings is 1. The summed E-state index contributed by atoms with van der Waals surface area (Å²) in [4.78, 5) is 4.06. The van der Waals surface area contributed by atoms with Gasteiger partial charge in [-0.1, -0.05) is 0 Å². The summed E-state index contributed by atoms with van der Waals surface area (Å²) < 4.78 is 26.2. The Morgan fingerprint density at radius 1 is 1.30 bits per heavy atom.